The molecule has 0 saturated heterocycles. The normalized spacial score (nSPS) is 15.8. The highest BCUT2D eigenvalue weighted by molar-refractivity contribution is 6.14. The number of hydrogen-bond acceptors (Lipinski definition) is 2. The van der Waals surface area contributed by atoms with Crippen LogP contribution in [-0.4, -0.2) is 10.4 Å². The zero-order valence-corrected chi connectivity index (χ0v) is 29.2. The summed E-state index contributed by atoms with van der Waals surface area (Å²) in [5.41, 5.74) is 15.7. The van der Waals surface area contributed by atoms with Gasteiger partial charge in [0, 0.05) is 27.4 Å². The lowest BCUT2D eigenvalue weighted by Crippen LogP contribution is -2.31. The van der Waals surface area contributed by atoms with Crippen LogP contribution in [0.1, 0.15) is 47.7 Å². The van der Waals surface area contributed by atoms with Crippen molar-refractivity contribution in [2.24, 2.45) is 4.99 Å². The maximum atomic E-state index is 5.25. The van der Waals surface area contributed by atoms with Crippen molar-refractivity contribution in [2.45, 2.75) is 25.3 Å². The molecule has 0 amide bonds. The van der Waals surface area contributed by atoms with Crippen molar-refractivity contribution in [1.29, 1.82) is 0 Å². The summed E-state index contributed by atoms with van der Waals surface area (Å²) in [6.07, 6.45) is 2.23. The minimum absolute atomic E-state index is 0.00970. The Bertz CT molecular complexity index is 2720. The SMILES string of the molecule is CC1(C)c2ccccc2-c2cccc(-c3ccc4c(c3)c3cc(C5=NC(c6ccccc6)=CC(c6ccccc6)N5)ccc3n4-c3ccccc3)c21. The Morgan fingerprint density at radius 2 is 1.13 bits per heavy atom. The third-order valence-corrected chi connectivity index (χ3v) is 11.0. The molecular weight excluding hydrogens is 631 g/mol. The third kappa shape index (κ3) is 4.77. The topological polar surface area (TPSA) is 29.3 Å². The van der Waals surface area contributed by atoms with Crippen LogP contribution in [0.15, 0.2) is 181 Å². The number of para-hydroxylation sites is 1. The Kier molecular flexibility index (Phi) is 6.91. The van der Waals surface area contributed by atoms with Crippen LogP contribution in [0.4, 0.5) is 0 Å². The van der Waals surface area contributed by atoms with Gasteiger partial charge in [-0.2, -0.15) is 0 Å². The first-order valence-electron chi connectivity index (χ1n) is 18.1. The second-order valence-electron chi connectivity index (χ2n) is 14.4. The van der Waals surface area contributed by atoms with Crippen molar-refractivity contribution in [1.82, 2.24) is 9.88 Å². The van der Waals surface area contributed by atoms with Gasteiger partial charge in [0.25, 0.3) is 0 Å². The predicted octanol–water partition coefficient (Wildman–Crippen LogP) is 11.9. The molecule has 8 aromatic rings. The second-order valence-corrected chi connectivity index (χ2v) is 14.4. The first-order valence-corrected chi connectivity index (χ1v) is 18.1. The number of benzene rings is 7. The summed E-state index contributed by atoms with van der Waals surface area (Å²) >= 11 is 0. The Balaban J connectivity index is 1.17. The lowest BCUT2D eigenvalue weighted by molar-refractivity contribution is 0.662. The fourth-order valence-corrected chi connectivity index (χ4v) is 8.58. The number of hydrogen-bond donors (Lipinski definition) is 1. The van der Waals surface area contributed by atoms with Gasteiger partial charge in [-0.25, -0.2) is 4.99 Å². The maximum absolute atomic E-state index is 5.25. The van der Waals surface area contributed by atoms with E-state index in [1.165, 1.54) is 60.8 Å². The van der Waals surface area contributed by atoms with Crippen molar-refractivity contribution in [3.8, 4) is 27.9 Å². The van der Waals surface area contributed by atoms with Crippen LogP contribution in [0.5, 0.6) is 0 Å². The van der Waals surface area contributed by atoms with Crippen LogP contribution in [0.25, 0.3) is 55.4 Å². The molecule has 3 heteroatoms. The zero-order chi connectivity index (χ0) is 34.8. The zero-order valence-electron chi connectivity index (χ0n) is 29.2. The van der Waals surface area contributed by atoms with E-state index >= 15 is 0 Å². The molecule has 2 aliphatic rings. The molecule has 1 aliphatic carbocycles. The van der Waals surface area contributed by atoms with Crippen molar-refractivity contribution in [2.75, 3.05) is 0 Å². The summed E-state index contributed by atoms with van der Waals surface area (Å²) in [5.74, 6) is 0.870. The molecule has 0 bridgehead atoms. The molecule has 2 heterocycles. The molecule has 52 heavy (non-hydrogen) atoms. The molecule has 0 spiro atoms. The van der Waals surface area contributed by atoms with Crippen LogP contribution >= 0.6 is 0 Å². The van der Waals surface area contributed by atoms with Gasteiger partial charge in [-0.1, -0.05) is 141 Å². The monoisotopic (exact) mass is 667 g/mol. The average Bonchev–Trinajstić information content (AvgIpc) is 3.66. The van der Waals surface area contributed by atoms with Gasteiger partial charge in [-0.3, -0.25) is 0 Å². The molecule has 0 radical (unpaired) electrons. The average molecular weight is 668 g/mol. The molecule has 0 fully saturated rings. The molecule has 1 atom stereocenters. The Hall–Kier alpha value is -6.45. The van der Waals surface area contributed by atoms with Gasteiger partial charge in [0.15, 0.2) is 0 Å². The summed E-state index contributed by atoms with van der Waals surface area (Å²) in [6.45, 7) is 4.73. The fraction of sp³-hybridized carbons (Fsp3) is 0.0816. The highest BCUT2D eigenvalue weighted by Gasteiger charge is 2.37. The van der Waals surface area contributed by atoms with Crippen LogP contribution in [0, 0.1) is 0 Å². The van der Waals surface area contributed by atoms with E-state index in [0.717, 1.165) is 28.3 Å². The summed E-state index contributed by atoms with van der Waals surface area (Å²) in [7, 11) is 0. The van der Waals surface area contributed by atoms with E-state index in [2.05, 4.69) is 200 Å². The molecule has 1 unspecified atom stereocenters. The minimum atomic E-state index is -0.104. The van der Waals surface area contributed by atoms with Crippen molar-refractivity contribution >= 4 is 33.3 Å². The first-order chi connectivity index (χ1) is 25.5. The fourth-order valence-electron chi connectivity index (χ4n) is 8.58. The highest BCUT2D eigenvalue weighted by Crippen LogP contribution is 2.52. The van der Waals surface area contributed by atoms with E-state index < -0.39 is 0 Å². The van der Waals surface area contributed by atoms with Gasteiger partial charge in [0.2, 0.25) is 0 Å². The van der Waals surface area contributed by atoms with E-state index in [9.17, 15) is 0 Å². The number of nitrogens with one attached hydrogen (secondary N) is 1. The van der Waals surface area contributed by atoms with Crippen LogP contribution in [0.3, 0.4) is 0 Å². The molecule has 1 aliphatic heterocycles. The second kappa shape index (κ2) is 11.8. The van der Waals surface area contributed by atoms with Gasteiger partial charge in [0.05, 0.1) is 22.8 Å². The molecule has 1 aromatic heterocycles. The third-order valence-electron chi connectivity index (χ3n) is 11.0. The molecular formula is C49H37N3. The molecule has 1 N–H and O–H groups in total. The molecule has 0 saturated carbocycles. The summed E-state index contributed by atoms with van der Waals surface area (Å²) in [6, 6.07) is 61.3. The van der Waals surface area contributed by atoms with Gasteiger partial charge in [-0.05, 0) is 93.0 Å². The Labute approximate surface area is 304 Å². The Morgan fingerprint density at radius 1 is 0.538 bits per heavy atom. The quantitative estimate of drug-likeness (QED) is 0.194. The number of amidine groups is 1. The van der Waals surface area contributed by atoms with Crippen molar-refractivity contribution in [3.63, 3.8) is 0 Å². The van der Waals surface area contributed by atoms with E-state index in [4.69, 9.17) is 4.99 Å². The lowest BCUT2D eigenvalue weighted by Gasteiger charge is -2.24. The number of nitrogens with zero attached hydrogens (tertiary/aromatic N) is 2. The van der Waals surface area contributed by atoms with E-state index in [1.807, 2.05) is 0 Å². The molecule has 10 rings (SSSR count). The van der Waals surface area contributed by atoms with Crippen molar-refractivity contribution in [3.05, 3.63) is 204 Å². The largest absolute Gasteiger partial charge is 0.359 e. The van der Waals surface area contributed by atoms with Crippen LogP contribution in [-0.2, 0) is 5.41 Å². The van der Waals surface area contributed by atoms with Gasteiger partial charge in [0.1, 0.15) is 5.84 Å². The summed E-state index contributed by atoms with van der Waals surface area (Å²) < 4.78 is 2.39. The smallest absolute Gasteiger partial charge is 0.134 e. The van der Waals surface area contributed by atoms with Gasteiger partial charge >= 0.3 is 0 Å². The predicted molar refractivity (Wildman–Crippen MR) is 217 cm³/mol. The maximum Gasteiger partial charge on any atom is 0.134 e. The number of aromatic nitrogens is 1. The minimum Gasteiger partial charge on any atom is -0.359 e. The van der Waals surface area contributed by atoms with E-state index in [1.54, 1.807) is 0 Å². The van der Waals surface area contributed by atoms with Gasteiger partial charge < -0.3 is 9.88 Å². The first kappa shape index (κ1) is 30.4. The standard InChI is InChI=1S/C49H37N3/c1-49(2)42-24-13-12-21-38(42)39-23-14-22-37(47(39)49)34-25-27-45-40(29-34)41-30-35(26-28-46(41)52(45)36-19-10-5-11-20-36)48-50-43(32-15-6-3-7-16-32)31-44(51-48)33-17-8-4-9-18-33/h3-31,43H,1-2H3,(H,50,51). The van der Waals surface area contributed by atoms with Gasteiger partial charge in [-0.15, -0.1) is 0 Å². The number of fused-ring (bicyclic) bond motifs is 6. The highest BCUT2D eigenvalue weighted by atomic mass is 15.0. The number of aliphatic imine (C=N–C) groups is 1. The van der Waals surface area contributed by atoms with Crippen LogP contribution in [0.2, 0.25) is 0 Å². The van der Waals surface area contributed by atoms with E-state index in [-0.39, 0.29) is 11.5 Å². The van der Waals surface area contributed by atoms with E-state index in [0.29, 0.717) is 0 Å². The molecule has 248 valence electrons. The Morgan fingerprint density at radius 3 is 1.88 bits per heavy atom. The van der Waals surface area contributed by atoms with Crippen molar-refractivity contribution < 1.29 is 0 Å². The molecule has 7 aromatic carbocycles. The summed E-state index contributed by atoms with van der Waals surface area (Å²) in [4.78, 5) is 5.25. The lowest BCUT2D eigenvalue weighted by atomic mass is 9.79. The number of rotatable bonds is 5. The summed E-state index contributed by atoms with van der Waals surface area (Å²) in [5, 5.41) is 6.21. The molecule has 3 nitrogen and oxygen atoms in total. The van der Waals surface area contributed by atoms with Crippen LogP contribution < -0.4 is 5.32 Å².